The first-order valence-electron chi connectivity index (χ1n) is 7.75. The average molecular weight is 315 g/mol. The Kier molecular flexibility index (Phi) is 4.66. The number of carbonyl (C=O) groups is 1. The van der Waals surface area contributed by atoms with Crippen molar-refractivity contribution in [1.29, 1.82) is 0 Å². The highest BCUT2D eigenvalue weighted by atomic mass is 16.5. The lowest BCUT2D eigenvalue weighted by Gasteiger charge is -2.15. The predicted molar refractivity (Wildman–Crippen MR) is 84.6 cm³/mol. The molecular formula is C16H21N5O2. The van der Waals surface area contributed by atoms with Crippen LogP contribution in [0.15, 0.2) is 18.5 Å². The van der Waals surface area contributed by atoms with Gasteiger partial charge in [0.15, 0.2) is 0 Å². The van der Waals surface area contributed by atoms with Gasteiger partial charge in [-0.05, 0) is 31.7 Å². The van der Waals surface area contributed by atoms with E-state index in [4.69, 9.17) is 4.74 Å². The maximum absolute atomic E-state index is 11.8. The molecule has 7 nitrogen and oxygen atoms in total. The first kappa shape index (κ1) is 15.6. The maximum Gasteiger partial charge on any atom is 0.248 e. The van der Waals surface area contributed by atoms with Gasteiger partial charge in [0.05, 0.1) is 11.9 Å². The molecule has 1 unspecified atom stereocenters. The van der Waals surface area contributed by atoms with E-state index < -0.39 is 0 Å². The van der Waals surface area contributed by atoms with E-state index in [0.717, 1.165) is 48.7 Å². The topological polar surface area (TPSA) is 84.0 Å². The Morgan fingerprint density at radius 3 is 3.04 bits per heavy atom. The summed E-state index contributed by atoms with van der Waals surface area (Å²) in [5.74, 6) is 0.475. The van der Waals surface area contributed by atoms with Gasteiger partial charge >= 0.3 is 0 Å². The molecule has 2 aromatic rings. The number of aromatic nitrogens is 4. The van der Waals surface area contributed by atoms with E-state index in [1.807, 2.05) is 17.9 Å². The lowest BCUT2D eigenvalue weighted by Crippen LogP contribution is -2.31. The fourth-order valence-corrected chi connectivity index (χ4v) is 2.91. The number of ether oxygens (including phenoxy) is 1. The number of aromatic amines is 1. The average Bonchev–Trinajstić information content (AvgIpc) is 3.17. The molecule has 1 saturated heterocycles. The number of amides is 1. The summed E-state index contributed by atoms with van der Waals surface area (Å²) in [5, 5.41) is 7.14. The fourth-order valence-electron chi connectivity index (χ4n) is 2.91. The number of hydrogen-bond acceptors (Lipinski definition) is 5. The fraction of sp³-hybridized carbons (Fsp3) is 0.500. The van der Waals surface area contributed by atoms with Gasteiger partial charge in [-0.15, -0.1) is 0 Å². The van der Waals surface area contributed by atoms with Gasteiger partial charge in [0.1, 0.15) is 18.0 Å². The van der Waals surface area contributed by atoms with Gasteiger partial charge in [-0.25, -0.2) is 4.98 Å². The van der Waals surface area contributed by atoms with Crippen LogP contribution in [0.2, 0.25) is 0 Å². The summed E-state index contributed by atoms with van der Waals surface area (Å²) in [6.45, 7) is 3.66. The smallest absolute Gasteiger partial charge is 0.248 e. The summed E-state index contributed by atoms with van der Waals surface area (Å²) in [6.07, 6.45) is 5.33. The summed E-state index contributed by atoms with van der Waals surface area (Å²) >= 11 is 0. The zero-order valence-corrected chi connectivity index (χ0v) is 13.5. The predicted octanol–water partition coefficient (Wildman–Crippen LogP) is 1.21. The highest BCUT2D eigenvalue weighted by Crippen LogP contribution is 2.21. The minimum absolute atomic E-state index is 0.0573. The molecule has 0 radical (unpaired) electrons. The molecule has 0 aliphatic carbocycles. The number of aryl methyl sites for hydroxylation is 1. The van der Waals surface area contributed by atoms with E-state index in [1.54, 1.807) is 19.5 Å². The number of nitrogens with one attached hydrogen (secondary N) is 1. The Labute approximate surface area is 135 Å². The number of methoxy groups -OCH3 is 1. The van der Waals surface area contributed by atoms with Gasteiger partial charge in [-0.1, -0.05) is 0 Å². The molecule has 1 aliphatic rings. The highest BCUT2D eigenvalue weighted by Gasteiger charge is 2.26. The summed E-state index contributed by atoms with van der Waals surface area (Å²) in [6, 6.07) is 1.95. The van der Waals surface area contributed by atoms with E-state index in [2.05, 4.69) is 20.2 Å². The molecule has 3 rings (SSSR count). The van der Waals surface area contributed by atoms with E-state index in [0.29, 0.717) is 5.92 Å². The molecule has 0 saturated carbocycles. The van der Waals surface area contributed by atoms with Crippen LogP contribution in [-0.2, 0) is 16.0 Å². The Morgan fingerprint density at radius 2 is 2.30 bits per heavy atom. The molecule has 1 N–H and O–H groups in total. The van der Waals surface area contributed by atoms with Crippen LogP contribution in [0.25, 0.3) is 11.4 Å². The molecule has 1 amide bonds. The first-order chi connectivity index (χ1) is 11.2. The molecule has 0 spiro atoms. The van der Waals surface area contributed by atoms with Crippen molar-refractivity contribution in [2.45, 2.75) is 19.8 Å². The molecule has 3 heterocycles. The summed E-state index contributed by atoms with van der Waals surface area (Å²) in [4.78, 5) is 22.6. The lowest BCUT2D eigenvalue weighted by molar-refractivity contribution is -0.134. The Hall–Kier alpha value is -2.28. The van der Waals surface area contributed by atoms with Crippen molar-refractivity contribution >= 4 is 5.91 Å². The van der Waals surface area contributed by atoms with Crippen LogP contribution in [0.3, 0.4) is 0 Å². The molecule has 1 atom stereocenters. The van der Waals surface area contributed by atoms with E-state index in [1.165, 1.54) is 0 Å². The van der Waals surface area contributed by atoms with Crippen molar-refractivity contribution < 1.29 is 9.53 Å². The second-order valence-corrected chi connectivity index (χ2v) is 5.96. The maximum atomic E-state index is 11.8. The van der Waals surface area contributed by atoms with Crippen LogP contribution < -0.4 is 0 Å². The van der Waals surface area contributed by atoms with Crippen molar-refractivity contribution in [3.8, 4) is 11.4 Å². The molecule has 1 fully saturated rings. The molecule has 7 heteroatoms. The third-order valence-electron chi connectivity index (χ3n) is 4.06. The highest BCUT2D eigenvalue weighted by molar-refractivity contribution is 5.77. The third-order valence-corrected chi connectivity index (χ3v) is 4.06. The second-order valence-electron chi connectivity index (χ2n) is 5.96. The summed E-state index contributed by atoms with van der Waals surface area (Å²) < 4.78 is 4.91. The minimum Gasteiger partial charge on any atom is -0.375 e. The van der Waals surface area contributed by atoms with Gasteiger partial charge in [-0.2, -0.15) is 5.10 Å². The minimum atomic E-state index is 0.0573. The van der Waals surface area contributed by atoms with Gasteiger partial charge in [0, 0.05) is 32.1 Å². The van der Waals surface area contributed by atoms with Crippen molar-refractivity contribution in [1.82, 2.24) is 25.1 Å². The molecule has 0 aromatic carbocycles. The summed E-state index contributed by atoms with van der Waals surface area (Å²) in [5.41, 5.74) is 3.52. The monoisotopic (exact) mass is 315 g/mol. The van der Waals surface area contributed by atoms with Crippen molar-refractivity contribution in [2.75, 3.05) is 26.8 Å². The number of hydrogen-bond donors (Lipinski definition) is 1. The van der Waals surface area contributed by atoms with Crippen LogP contribution in [-0.4, -0.2) is 57.8 Å². The number of nitrogens with zero attached hydrogens (tertiary/aromatic N) is 4. The largest absolute Gasteiger partial charge is 0.375 e. The van der Waals surface area contributed by atoms with Crippen molar-refractivity contribution in [2.24, 2.45) is 5.92 Å². The van der Waals surface area contributed by atoms with Gasteiger partial charge in [0.2, 0.25) is 5.91 Å². The number of carbonyl (C=O) groups excluding carboxylic acids is 1. The quantitative estimate of drug-likeness (QED) is 0.896. The molecule has 122 valence electrons. The molecule has 2 aromatic heterocycles. The van der Waals surface area contributed by atoms with Crippen LogP contribution in [0.5, 0.6) is 0 Å². The van der Waals surface area contributed by atoms with E-state index >= 15 is 0 Å². The Morgan fingerprint density at radius 1 is 1.43 bits per heavy atom. The van der Waals surface area contributed by atoms with Crippen LogP contribution >= 0.6 is 0 Å². The second kappa shape index (κ2) is 6.87. The van der Waals surface area contributed by atoms with Gasteiger partial charge in [-0.3, -0.25) is 14.9 Å². The van der Waals surface area contributed by atoms with Gasteiger partial charge in [0.25, 0.3) is 0 Å². The number of H-pyrrole nitrogens is 1. The molecule has 1 aliphatic heterocycles. The van der Waals surface area contributed by atoms with Gasteiger partial charge < -0.3 is 9.64 Å². The normalized spacial score (nSPS) is 17.7. The molecular weight excluding hydrogens is 294 g/mol. The number of likely N-dealkylation sites (tertiary alicyclic amines) is 1. The van der Waals surface area contributed by atoms with Crippen LogP contribution in [0.1, 0.15) is 17.8 Å². The Balaban J connectivity index is 1.64. The van der Waals surface area contributed by atoms with Crippen LogP contribution in [0, 0.1) is 12.8 Å². The zero-order valence-electron chi connectivity index (χ0n) is 13.5. The van der Waals surface area contributed by atoms with E-state index in [-0.39, 0.29) is 12.5 Å². The van der Waals surface area contributed by atoms with E-state index in [9.17, 15) is 4.79 Å². The first-order valence-corrected chi connectivity index (χ1v) is 7.75. The lowest BCUT2D eigenvalue weighted by atomic mass is 10.0. The summed E-state index contributed by atoms with van der Waals surface area (Å²) in [7, 11) is 1.54. The standard InChI is InChI=1S/C16H21N5O2/c1-11-5-14(20-19-11)15-8-17-7-13(18-15)6-12-3-4-21(9-12)16(22)10-23-2/h5,7-8,12H,3-4,6,9-10H2,1-2H3,(H,19,20). The number of rotatable bonds is 5. The third kappa shape index (κ3) is 3.73. The molecule has 0 bridgehead atoms. The van der Waals surface area contributed by atoms with Crippen molar-refractivity contribution in [3.05, 3.63) is 29.8 Å². The van der Waals surface area contributed by atoms with Crippen molar-refractivity contribution in [3.63, 3.8) is 0 Å². The SMILES string of the molecule is COCC(=O)N1CCC(Cc2cncc(-c3cc(C)[nH]n3)n2)C1. The zero-order chi connectivity index (χ0) is 16.2. The van der Waals surface area contributed by atoms with Crippen LogP contribution in [0.4, 0.5) is 0 Å². The molecule has 23 heavy (non-hydrogen) atoms. The Bertz CT molecular complexity index is 685.